The third-order valence-corrected chi connectivity index (χ3v) is 7.91. The van der Waals surface area contributed by atoms with Gasteiger partial charge in [0.15, 0.2) is 0 Å². The number of nitrogens with one attached hydrogen (secondary N) is 1. The van der Waals surface area contributed by atoms with Crippen LogP contribution in [0.25, 0.3) is 10.8 Å². The smallest absolute Gasteiger partial charge is 0.246 e. The number of methoxy groups -OCH3 is 1. The number of nitrogens with zero attached hydrogens (tertiary/aromatic N) is 1. The molecule has 0 saturated carbocycles. The van der Waals surface area contributed by atoms with Gasteiger partial charge in [-0.05, 0) is 53.8 Å². The first-order valence-electron chi connectivity index (χ1n) is 10.8. The predicted octanol–water partition coefficient (Wildman–Crippen LogP) is 3.87. The number of piperidine rings is 1. The zero-order valence-corrected chi connectivity index (χ0v) is 19.2. The number of rotatable bonds is 6. The zero-order chi connectivity index (χ0) is 22.7. The van der Waals surface area contributed by atoms with E-state index < -0.39 is 10.0 Å². The lowest BCUT2D eigenvalue weighted by atomic mass is 9.98. The SMILES string of the molecule is COc1ccc(C)cc1S(=O)(=O)N1CCCC(C(=O)NCc2cccc3ccccc23)C1. The first-order chi connectivity index (χ1) is 15.4. The maximum absolute atomic E-state index is 13.3. The van der Waals surface area contributed by atoms with E-state index in [-0.39, 0.29) is 23.3 Å². The summed E-state index contributed by atoms with van der Waals surface area (Å²) in [6.07, 6.45) is 1.30. The van der Waals surface area contributed by atoms with Gasteiger partial charge in [0, 0.05) is 19.6 Å². The van der Waals surface area contributed by atoms with E-state index >= 15 is 0 Å². The maximum Gasteiger partial charge on any atom is 0.246 e. The summed E-state index contributed by atoms with van der Waals surface area (Å²) < 4.78 is 33.4. The molecular formula is C25H28N2O4S. The van der Waals surface area contributed by atoms with Crippen LogP contribution in [0.5, 0.6) is 5.75 Å². The Hall–Kier alpha value is -2.90. The van der Waals surface area contributed by atoms with Crippen molar-refractivity contribution in [2.45, 2.75) is 31.2 Å². The van der Waals surface area contributed by atoms with Crippen molar-refractivity contribution < 1.29 is 17.9 Å². The molecule has 0 spiro atoms. The van der Waals surface area contributed by atoms with Crippen LogP contribution in [-0.2, 0) is 21.4 Å². The second-order valence-corrected chi connectivity index (χ2v) is 10.1. The van der Waals surface area contributed by atoms with Crippen LogP contribution in [0.15, 0.2) is 65.6 Å². The van der Waals surface area contributed by atoms with E-state index in [2.05, 4.69) is 5.32 Å². The average molecular weight is 453 g/mol. The number of carbonyl (C=O) groups is 1. The number of aryl methyl sites for hydroxylation is 1. The summed E-state index contributed by atoms with van der Waals surface area (Å²) in [7, 11) is -2.30. The van der Waals surface area contributed by atoms with Crippen molar-refractivity contribution in [1.82, 2.24) is 9.62 Å². The van der Waals surface area contributed by atoms with E-state index in [1.807, 2.05) is 55.5 Å². The topological polar surface area (TPSA) is 75.7 Å². The number of carbonyl (C=O) groups excluding carboxylic acids is 1. The molecule has 1 N–H and O–H groups in total. The summed E-state index contributed by atoms with van der Waals surface area (Å²) in [4.78, 5) is 13.1. The molecule has 1 aliphatic rings. The highest BCUT2D eigenvalue weighted by atomic mass is 32.2. The molecule has 1 atom stereocenters. The Morgan fingerprint density at radius 2 is 1.91 bits per heavy atom. The lowest BCUT2D eigenvalue weighted by Gasteiger charge is -2.31. The fourth-order valence-electron chi connectivity index (χ4n) is 4.27. The molecule has 1 unspecified atom stereocenters. The van der Waals surface area contributed by atoms with Gasteiger partial charge in [0.05, 0.1) is 13.0 Å². The maximum atomic E-state index is 13.3. The fraction of sp³-hybridized carbons (Fsp3) is 0.320. The number of sulfonamides is 1. The van der Waals surface area contributed by atoms with Gasteiger partial charge in [-0.1, -0.05) is 48.5 Å². The average Bonchev–Trinajstić information content (AvgIpc) is 2.82. The highest BCUT2D eigenvalue weighted by Crippen LogP contribution is 2.30. The molecule has 1 aliphatic heterocycles. The van der Waals surface area contributed by atoms with Crippen molar-refractivity contribution in [3.63, 3.8) is 0 Å². The molecule has 1 fully saturated rings. The Kier molecular flexibility index (Phi) is 6.48. The number of hydrogen-bond donors (Lipinski definition) is 1. The molecule has 1 heterocycles. The lowest BCUT2D eigenvalue weighted by molar-refractivity contribution is -0.126. The van der Waals surface area contributed by atoms with Gasteiger partial charge >= 0.3 is 0 Å². The van der Waals surface area contributed by atoms with Gasteiger partial charge < -0.3 is 10.1 Å². The van der Waals surface area contributed by atoms with Crippen LogP contribution in [0.2, 0.25) is 0 Å². The minimum absolute atomic E-state index is 0.117. The quantitative estimate of drug-likeness (QED) is 0.616. The number of fused-ring (bicyclic) bond motifs is 1. The molecule has 0 radical (unpaired) electrons. The number of hydrogen-bond acceptors (Lipinski definition) is 4. The van der Waals surface area contributed by atoms with E-state index in [1.54, 1.807) is 12.1 Å². The highest BCUT2D eigenvalue weighted by Gasteiger charge is 2.34. The first-order valence-corrected chi connectivity index (χ1v) is 12.2. The Labute approximate surface area is 189 Å². The standard InChI is InChI=1S/C25H28N2O4S/c1-18-12-13-23(31-2)24(15-18)32(29,30)27-14-6-10-21(17-27)25(28)26-16-20-9-5-8-19-7-3-4-11-22(19)20/h3-5,7-9,11-13,15,21H,6,10,14,16-17H2,1-2H3,(H,26,28). The molecule has 1 saturated heterocycles. The largest absolute Gasteiger partial charge is 0.495 e. The third kappa shape index (κ3) is 4.49. The van der Waals surface area contributed by atoms with Crippen LogP contribution < -0.4 is 10.1 Å². The van der Waals surface area contributed by atoms with Gasteiger partial charge in [0.1, 0.15) is 10.6 Å². The van der Waals surface area contributed by atoms with Gasteiger partial charge in [-0.25, -0.2) is 8.42 Å². The van der Waals surface area contributed by atoms with Crippen molar-refractivity contribution in [2.75, 3.05) is 20.2 Å². The summed E-state index contributed by atoms with van der Waals surface area (Å²) >= 11 is 0. The second kappa shape index (κ2) is 9.30. The molecule has 0 aliphatic carbocycles. The number of benzene rings is 3. The Morgan fingerprint density at radius 1 is 1.12 bits per heavy atom. The van der Waals surface area contributed by atoms with Crippen LogP contribution in [0.1, 0.15) is 24.0 Å². The first kappa shape index (κ1) is 22.3. The lowest BCUT2D eigenvalue weighted by Crippen LogP contribution is -2.45. The molecule has 168 valence electrons. The summed E-state index contributed by atoms with van der Waals surface area (Å²) in [5.74, 6) is -0.184. The number of ether oxygens (including phenoxy) is 1. The van der Waals surface area contributed by atoms with Crippen molar-refractivity contribution in [2.24, 2.45) is 5.92 Å². The molecule has 3 aromatic rings. The molecule has 32 heavy (non-hydrogen) atoms. The van der Waals surface area contributed by atoms with Gasteiger partial charge in [0.2, 0.25) is 15.9 Å². The minimum atomic E-state index is -3.76. The van der Waals surface area contributed by atoms with Crippen LogP contribution >= 0.6 is 0 Å². The van der Waals surface area contributed by atoms with Gasteiger partial charge in [0.25, 0.3) is 0 Å². The Bertz CT molecular complexity index is 1230. The van der Waals surface area contributed by atoms with E-state index in [0.29, 0.717) is 31.7 Å². The van der Waals surface area contributed by atoms with E-state index in [9.17, 15) is 13.2 Å². The molecular weight excluding hydrogens is 424 g/mol. The third-order valence-electron chi connectivity index (χ3n) is 6.02. The van der Waals surface area contributed by atoms with Gasteiger partial charge in [-0.15, -0.1) is 0 Å². The van der Waals surface area contributed by atoms with E-state index in [0.717, 1.165) is 21.9 Å². The summed E-state index contributed by atoms with van der Waals surface area (Å²) in [5, 5.41) is 5.25. The highest BCUT2D eigenvalue weighted by molar-refractivity contribution is 7.89. The van der Waals surface area contributed by atoms with Gasteiger partial charge in [-0.2, -0.15) is 4.31 Å². The van der Waals surface area contributed by atoms with Crippen LogP contribution in [0.4, 0.5) is 0 Å². The van der Waals surface area contributed by atoms with Crippen molar-refractivity contribution >= 4 is 26.7 Å². The Morgan fingerprint density at radius 3 is 2.72 bits per heavy atom. The number of amides is 1. The summed E-state index contributed by atoms with van der Waals surface area (Å²) in [5.41, 5.74) is 1.88. The van der Waals surface area contributed by atoms with E-state index in [1.165, 1.54) is 11.4 Å². The summed E-state index contributed by atoms with van der Waals surface area (Å²) in [6, 6.07) is 19.2. The van der Waals surface area contributed by atoms with Crippen molar-refractivity contribution in [3.8, 4) is 5.75 Å². The van der Waals surface area contributed by atoms with Crippen LogP contribution in [0.3, 0.4) is 0 Å². The molecule has 6 nitrogen and oxygen atoms in total. The Balaban J connectivity index is 1.48. The van der Waals surface area contributed by atoms with E-state index in [4.69, 9.17) is 4.74 Å². The predicted molar refractivity (Wildman–Crippen MR) is 125 cm³/mol. The second-order valence-electron chi connectivity index (χ2n) is 8.21. The molecule has 0 bridgehead atoms. The van der Waals surface area contributed by atoms with Crippen LogP contribution in [0, 0.1) is 12.8 Å². The molecule has 3 aromatic carbocycles. The van der Waals surface area contributed by atoms with Crippen molar-refractivity contribution in [3.05, 3.63) is 71.8 Å². The summed E-state index contributed by atoms with van der Waals surface area (Å²) in [6.45, 7) is 2.82. The normalized spacial score (nSPS) is 17.2. The molecule has 1 amide bonds. The monoisotopic (exact) mass is 452 g/mol. The van der Waals surface area contributed by atoms with Gasteiger partial charge in [-0.3, -0.25) is 4.79 Å². The molecule has 0 aromatic heterocycles. The minimum Gasteiger partial charge on any atom is -0.495 e. The fourth-order valence-corrected chi connectivity index (χ4v) is 6.04. The zero-order valence-electron chi connectivity index (χ0n) is 18.4. The molecule has 7 heteroatoms. The molecule has 4 rings (SSSR count). The van der Waals surface area contributed by atoms with Crippen LogP contribution in [-0.4, -0.2) is 38.8 Å². The van der Waals surface area contributed by atoms with Crippen molar-refractivity contribution in [1.29, 1.82) is 0 Å².